The average molecular weight is 252 g/mol. The number of rotatable bonds is 1. The Labute approximate surface area is 111 Å². The number of hydrogen-bond acceptors (Lipinski definition) is 2. The fourth-order valence-electron chi connectivity index (χ4n) is 2.70. The fourth-order valence-corrected chi connectivity index (χ4v) is 3.65. The molecule has 0 aliphatic carbocycles. The Morgan fingerprint density at radius 3 is 2.94 bits per heavy atom. The molecular formula is C16H12OS. The number of hydrogen-bond donors (Lipinski definition) is 0. The molecule has 0 bridgehead atoms. The van der Waals surface area contributed by atoms with Crippen molar-refractivity contribution in [1.29, 1.82) is 0 Å². The highest BCUT2D eigenvalue weighted by atomic mass is 32.2. The van der Waals surface area contributed by atoms with Crippen molar-refractivity contribution in [3.05, 3.63) is 64.9 Å². The van der Waals surface area contributed by atoms with Crippen molar-refractivity contribution in [1.82, 2.24) is 0 Å². The predicted octanol–water partition coefficient (Wildman–Crippen LogP) is 3.90. The Morgan fingerprint density at radius 1 is 1.06 bits per heavy atom. The second kappa shape index (κ2) is 4.06. The van der Waals surface area contributed by atoms with Gasteiger partial charge >= 0.3 is 0 Å². The first kappa shape index (κ1) is 10.5. The van der Waals surface area contributed by atoms with Crippen LogP contribution in [0, 0.1) is 5.75 Å². The lowest BCUT2D eigenvalue weighted by atomic mass is 9.91. The molecule has 4 rings (SSSR count). The van der Waals surface area contributed by atoms with Crippen LogP contribution in [0.15, 0.2) is 47.4 Å². The topological polar surface area (TPSA) is 9.23 Å². The zero-order chi connectivity index (χ0) is 11.9. The highest BCUT2D eigenvalue weighted by Gasteiger charge is 2.29. The zero-order valence-corrected chi connectivity index (χ0v) is 10.7. The van der Waals surface area contributed by atoms with Gasteiger partial charge in [-0.2, -0.15) is 0 Å². The summed E-state index contributed by atoms with van der Waals surface area (Å²) >= 11 is 1.71. The van der Waals surface area contributed by atoms with Crippen molar-refractivity contribution < 1.29 is 4.74 Å². The van der Waals surface area contributed by atoms with Gasteiger partial charge in [0.1, 0.15) is 5.75 Å². The van der Waals surface area contributed by atoms with Gasteiger partial charge in [-0.1, -0.05) is 36.4 Å². The fraction of sp³-hybridized carbons (Fsp3) is 0.188. The maximum Gasteiger partial charge on any atom is 0.126 e. The maximum absolute atomic E-state index is 5.81. The quantitative estimate of drug-likeness (QED) is 0.761. The maximum atomic E-state index is 5.81. The molecule has 2 aliphatic rings. The molecule has 1 atom stereocenters. The van der Waals surface area contributed by atoms with Gasteiger partial charge < -0.3 is 4.74 Å². The first-order valence-electron chi connectivity index (χ1n) is 6.19. The minimum absolute atomic E-state index is 0.249. The molecule has 88 valence electrons. The molecule has 2 aromatic rings. The Kier molecular flexibility index (Phi) is 2.37. The van der Waals surface area contributed by atoms with Crippen LogP contribution < -0.4 is 4.74 Å². The average Bonchev–Trinajstić information content (AvgIpc) is 3.05. The van der Waals surface area contributed by atoms with Crippen molar-refractivity contribution in [2.45, 2.75) is 17.2 Å². The molecule has 0 N–H and O–H groups in total. The molecule has 2 heteroatoms. The van der Waals surface area contributed by atoms with E-state index < -0.39 is 0 Å². The second-order valence-electron chi connectivity index (χ2n) is 4.62. The summed E-state index contributed by atoms with van der Waals surface area (Å²) in [4.78, 5) is 1.32. The lowest BCUT2D eigenvalue weighted by Crippen LogP contribution is -1.99. The molecule has 18 heavy (non-hydrogen) atoms. The summed E-state index contributed by atoms with van der Waals surface area (Å²) in [7, 11) is 0. The molecule has 1 unspecified atom stereocenters. The van der Waals surface area contributed by atoms with Gasteiger partial charge in [0, 0.05) is 22.8 Å². The van der Waals surface area contributed by atoms with E-state index in [0.717, 1.165) is 18.8 Å². The van der Waals surface area contributed by atoms with E-state index in [0.29, 0.717) is 0 Å². The first-order valence-corrected chi connectivity index (χ1v) is 7.01. The van der Waals surface area contributed by atoms with Crippen molar-refractivity contribution in [2.24, 2.45) is 0 Å². The molecule has 2 radical (unpaired) electrons. The third-order valence-corrected chi connectivity index (χ3v) is 4.52. The standard InChI is InChI=1S/C16H12OS/c1-2-7-15-12(5-1)14(10-18-15)13-6-3-4-11-8-9-17-16(11)13/h1-7,14H,8-9H2. The van der Waals surface area contributed by atoms with Gasteiger partial charge in [-0.25, -0.2) is 0 Å². The van der Waals surface area contributed by atoms with E-state index in [1.807, 2.05) is 0 Å². The Balaban J connectivity index is 1.84. The molecule has 2 aromatic carbocycles. The number of para-hydroxylation sites is 1. The molecule has 0 spiro atoms. The highest BCUT2D eigenvalue weighted by molar-refractivity contribution is 8.01. The molecule has 0 aromatic heterocycles. The molecule has 1 nitrogen and oxygen atoms in total. The monoisotopic (exact) mass is 252 g/mol. The van der Waals surface area contributed by atoms with E-state index in [4.69, 9.17) is 4.74 Å². The Morgan fingerprint density at radius 2 is 1.94 bits per heavy atom. The van der Waals surface area contributed by atoms with Crippen LogP contribution in [-0.4, -0.2) is 6.61 Å². The SMILES string of the molecule is [C]1Sc2ccccc2C1c1cccc2c1OCC2. The lowest BCUT2D eigenvalue weighted by molar-refractivity contribution is 0.353. The van der Waals surface area contributed by atoms with E-state index >= 15 is 0 Å². The third kappa shape index (κ3) is 1.49. The van der Waals surface area contributed by atoms with E-state index in [-0.39, 0.29) is 5.92 Å². The number of benzene rings is 2. The van der Waals surface area contributed by atoms with E-state index in [1.54, 1.807) is 11.8 Å². The minimum Gasteiger partial charge on any atom is -0.493 e. The molecule has 0 saturated heterocycles. The van der Waals surface area contributed by atoms with Crippen molar-refractivity contribution in [2.75, 3.05) is 6.61 Å². The third-order valence-electron chi connectivity index (χ3n) is 3.57. The second-order valence-corrected chi connectivity index (χ2v) is 5.50. The molecular weight excluding hydrogens is 240 g/mol. The van der Waals surface area contributed by atoms with E-state index in [2.05, 4.69) is 48.2 Å². The van der Waals surface area contributed by atoms with Crippen molar-refractivity contribution in [3.8, 4) is 5.75 Å². The Hall–Kier alpha value is -1.41. The summed E-state index contributed by atoms with van der Waals surface area (Å²) in [6.07, 6.45) is 1.03. The van der Waals surface area contributed by atoms with Gasteiger partial charge in [0.05, 0.1) is 12.4 Å². The van der Waals surface area contributed by atoms with E-state index in [1.165, 1.54) is 21.6 Å². The van der Waals surface area contributed by atoms with Crippen LogP contribution in [0.2, 0.25) is 0 Å². The van der Waals surface area contributed by atoms with Gasteiger partial charge in [-0.3, -0.25) is 0 Å². The van der Waals surface area contributed by atoms with Crippen molar-refractivity contribution >= 4 is 11.8 Å². The zero-order valence-electron chi connectivity index (χ0n) is 9.85. The first-order chi connectivity index (χ1) is 8.93. The summed E-state index contributed by atoms with van der Waals surface area (Å²) in [6.45, 7) is 0.813. The molecule has 0 amide bonds. The van der Waals surface area contributed by atoms with Gasteiger partial charge in [0.25, 0.3) is 0 Å². The summed E-state index contributed by atoms with van der Waals surface area (Å²) < 4.78 is 5.81. The number of fused-ring (bicyclic) bond motifs is 2. The molecule has 2 aliphatic heterocycles. The van der Waals surface area contributed by atoms with Crippen LogP contribution in [0.5, 0.6) is 5.75 Å². The number of thioether (sulfide) groups is 1. The van der Waals surface area contributed by atoms with Gasteiger partial charge in [-0.05, 0) is 17.2 Å². The molecule has 0 fully saturated rings. The van der Waals surface area contributed by atoms with Crippen LogP contribution in [0.25, 0.3) is 0 Å². The smallest absolute Gasteiger partial charge is 0.126 e. The summed E-state index contributed by atoms with van der Waals surface area (Å²) in [5, 5.41) is 0. The Bertz CT molecular complexity index is 606. The number of ether oxygens (including phenoxy) is 1. The normalized spacial score (nSPS) is 20.3. The summed E-state index contributed by atoms with van der Waals surface area (Å²) in [5.74, 6) is 4.84. The van der Waals surface area contributed by atoms with Gasteiger partial charge in [0.15, 0.2) is 0 Å². The minimum atomic E-state index is 0.249. The van der Waals surface area contributed by atoms with E-state index in [9.17, 15) is 0 Å². The lowest BCUT2D eigenvalue weighted by Gasteiger charge is -2.14. The molecule has 2 heterocycles. The van der Waals surface area contributed by atoms with Crippen LogP contribution in [0.4, 0.5) is 0 Å². The largest absolute Gasteiger partial charge is 0.493 e. The van der Waals surface area contributed by atoms with Crippen LogP contribution in [0.3, 0.4) is 0 Å². The van der Waals surface area contributed by atoms with Crippen LogP contribution in [-0.2, 0) is 6.42 Å². The molecule has 0 saturated carbocycles. The van der Waals surface area contributed by atoms with Gasteiger partial charge in [-0.15, -0.1) is 11.8 Å². The predicted molar refractivity (Wildman–Crippen MR) is 73.0 cm³/mol. The summed E-state index contributed by atoms with van der Waals surface area (Å²) in [5.41, 5.74) is 3.96. The van der Waals surface area contributed by atoms with Crippen LogP contribution in [0.1, 0.15) is 22.6 Å². The summed E-state index contributed by atoms with van der Waals surface area (Å²) in [6, 6.07) is 15.0. The van der Waals surface area contributed by atoms with Crippen LogP contribution >= 0.6 is 11.8 Å². The van der Waals surface area contributed by atoms with Gasteiger partial charge in [0.2, 0.25) is 0 Å². The highest BCUT2D eigenvalue weighted by Crippen LogP contribution is 2.49. The van der Waals surface area contributed by atoms with Crippen molar-refractivity contribution in [3.63, 3.8) is 0 Å².